The number of alkyl halides is 2. The van der Waals surface area contributed by atoms with Crippen molar-refractivity contribution in [2.24, 2.45) is 0 Å². The van der Waals surface area contributed by atoms with Crippen LogP contribution in [0.5, 0.6) is 5.75 Å². The molecule has 0 aliphatic heterocycles. The summed E-state index contributed by atoms with van der Waals surface area (Å²) >= 11 is 0. The summed E-state index contributed by atoms with van der Waals surface area (Å²) in [6.45, 7) is 1.18. The zero-order chi connectivity index (χ0) is 22.2. The lowest BCUT2D eigenvalue weighted by Crippen LogP contribution is -2.24. The highest BCUT2D eigenvalue weighted by atomic mass is 19.3. The summed E-state index contributed by atoms with van der Waals surface area (Å²) < 4.78 is 102. The van der Waals surface area contributed by atoms with Crippen LogP contribution in [0.4, 0.5) is 30.7 Å². The van der Waals surface area contributed by atoms with Gasteiger partial charge in [-0.25, -0.2) is 22.0 Å². The van der Waals surface area contributed by atoms with E-state index in [-0.39, 0.29) is 16.7 Å². The van der Waals surface area contributed by atoms with Crippen molar-refractivity contribution in [3.63, 3.8) is 0 Å². The van der Waals surface area contributed by atoms with Gasteiger partial charge in [0.1, 0.15) is 40.4 Å². The molecule has 0 fully saturated rings. The van der Waals surface area contributed by atoms with Crippen molar-refractivity contribution in [3.05, 3.63) is 88.2 Å². The molecule has 154 valence electrons. The highest BCUT2D eigenvalue weighted by Crippen LogP contribution is 2.36. The van der Waals surface area contributed by atoms with Gasteiger partial charge in [-0.3, -0.25) is 0 Å². The quantitative estimate of drug-likeness (QED) is 0.456. The maximum absolute atomic E-state index is 14.4. The fraction of sp³-hybridized carbons (Fsp3) is 0.0952. The lowest BCUT2D eigenvalue weighted by molar-refractivity contribution is -0.187. The molecule has 0 bridgehead atoms. The Hall–Kier alpha value is -3.54. The minimum atomic E-state index is -4.33. The van der Waals surface area contributed by atoms with Crippen molar-refractivity contribution in [1.82, 2.24) is 0 Å². The maximum Gasteiger partial charge on any atom is 0.429 e. The number of ether oxygens (including phenoxy) is 1. The number of halogens is 7. The van der Waals surface area contributed by atoms with Gasteiger partial charge in [-0.05, 0) is 48.4 Å². The fourth-order valence-electron chi connectivity index (χ4n) is 2.70. The topological polar surface area (TPSA) is 33.0 Å². The van der Waals surface area contributed by atoms with Crippen LogP contribution in [0.3, 0.4) is 0 Å². The number of nitriles is 1. The Bertz CT molecular complexity index is 1160. The molecule has 0 amide bonds. The van der Waals surface area contributed by atoms with Crippen LogP contribution in [0.2, 0.25) is 0 Å². The van der Waals surface area contributed by atoms with Crippen molar-refractivity contribution < 1.29 is 35.5 Å². The highest BCUT2D eigenvalue weighted by Gasteiger charge is 2.39. The summed E-state index contributed by atoms with van der Waals surface area (Å²) in [7, 11) is 0. The first-order valence-corrected chi connectivity index (χ1v) is 8.26. The smallest absolute Gasteiger partial charge is 0.429 e. The molecule has 3 rings (SSSR count). The monoisotopic (exact) mass is 425 g/mol. The molecule has 0 N–H and O–H groups in total. The fourth-order valence-corrected chi connectivity index (χ4v) is 2.70. The molecule has 9 heteroatoms. The van der Waals surface area contributed by atoms with Gasteiger partial charge in [0.05, 0.1) is 0 Å². The highest BCUT2D eigenvalue weighted by molar-refractivity contribution is 5.66. The van der Waals surface area contributed by atoms with E-state index in [1.54, 1.807) is 0 Å². The lowest BCUT2D eigenvalue weighted by atomic mass is 10.0. The summed E-state index contributed by atoms with van der Waals surface area (Å²) in [5.74, 6) is -7.65. The molecule has 3 aromatic carbocycles. The zero-order valence-corrected chi connectivity index (χ0v) is 15.0. The third kappa shape index (κ3) is 3.81. The van der Waals surface area contributed by atoms with Gasteiger partial charge in [0.2, 0.25) is 0 Å². The van der Waals surface area contributed by atoms with E-state index in [0.29, 0.717) is 24.3 Å². The number of nitrogens with zero attached hydrogens (tertiary/aromatic N) is 1. The lowest BCUT2D eigenvalue weighted by Gasteiger charge is -2.19. The molecule has 0 saturated heterocycles. The van der Waals surface area contributed by atoms with Gasteiger partial charge < -0.3 is 4.74 Å². The Morgan fingerprint density at radius 3 is 2.03 bits per heavy atom. The number of hydrogen-bond acceptors (Lipinski definition) is 2. The first-order valence-electron chi connectivity index (χ1n) is 8.26. The van der Waals surface area contributed by atoms with Gasteiger partial charge in [0.25, 0.3) is 0 Å². The van der Waals surface area contributed by atoms with Crippen molar-refractivity contribution in [1.29, 1.82) is 5.26 Å². The number of aryl methyl sites for hydroxylation is 1. The predicted octanol–water partition coefficient (Wildman–Crippen LogP) is 6.36. The molecule has 0 aliphatic rings. The van der Waals surface area contributed by atoms with E-state index in [1.165, 1.54) is 13.0 Å². The van der Waals surface area contributed by atoms with Gasteiger partial charge in [0, 0.05) is 11.6 Å². The first-order chi connectivity index (χ1) is 14.0. The van der Waals surface area contributed by atoms with Crippen molar-refractivity contribution >= 4 is 0 Å². The Balaban J connectivity index is 1.95. The van der Waals surface area contributed by atoms with Crippen LogP contribution < -0.4 is 4.74 Å². The molecule has 0 atom stereocenters. The van der Waals surface area contributed by atoms with Crippen LogP contribution in [-0.2, 0) is 6.11 Å². The van der Waals surface area contributed by atoms with E-state index >= 15 is 0 Å². The van der Waals surface area contributed by atoms with E-state index in [9.17, 15) is 30.7 Å². The molecule has 0 heterocycles. The predicted molar refractivity (Wildman–Crippen MR) is 92.1 cm³/mol. The number of benzene rings is 3. The van der Waals surface area contributed by atoms with E-state index in [0.717, 1.165) is 18.2 Å². The maximum atomic E-state index is 14.4. The van der Waals surface area contributed by atoms with E-state index in [1.807, 2.05) is 0 Å². The van der Waals surface area contributed by atoms with Crippen LogP contribution >= 0.6 is 0 Å². The third-order valence-electron chi connectivity index (χ3n) is 4.24. The van der Waals surface area contributed by atoms with Gasteiger partial charge in [-0.1, -0.05) is 6.07 Å². The summed E-state index contributed by atoms with van der Waals surface area (Å²) in [4.78, 5) is 0. The van der Waals surface area contributed by atoms with Crippen molar-refractivity contribution in [2.75, 3.05) is 0 Å². The van der Waals surface area contributed by atoms with Gasteiger partial charge in [0.15, 0.2) is 11.6 Å². The Kier molecular flexibility index (Phi) is 5.44. The summed E-state index contributed by atoms with van der Waals surface area (Å²) in [5, 5.41) is 8.66. The van der Waals surface area contributed by atoms with Gasteiger partial charge in [-0.2, -0.15) is 14.0 Å². The van der Waals surface area contributed by atoms with Gasteiger partial charge >= 0.3 is 6.11 Å². The minimum absolute atomic E-state index is 0.190. The van der Waals surface area contributed by atoms with Crippen molar-refractivity contribution in [2.45, 2.75) is 13.0 Å². The molecule has 0 unspecified atom stereocenters. The summed E-state index contributed by atoms with van der Waals surface area (Å²) in [6.07, 6.45) is -4.33. The third-order valence-corrected chi connectivity index (χ3v) is 4.24. The molecule has 30 heavy (non-hydrogen) atoms. The number of rotatable bonds is 4. The first kappa shape index (κ1) is 21.2. The molecule has 0 radical (unpaired) electrons. The average Bonchev–Trinajstić information content (AvgIpc) is 2.65. The zero-order valence-electron chi connectivity index (χ0n) is 15.0. The average molecular weight is 425 g/mol. The Labute approximate surface area is 165 Å². The van der Waals surface area contributed by atoms with Crippen LogP contribution in [0.25, 0.3) is 11.1 Å². The standard InChI is InChI=1S/C21H10F7NO/c1-10-2-5-15(20(26)19(10)25)21(27,28)30-12-3-4-13(18(24)8-12)11-6-16(22)14(9-29)17(23)7-11/h2-8H,1H3. The second-order valence-electron chi connectivity index (χ2n) is 6.25. The summed E-state index contributed by atoms with van der Waals surface area (Å²) in [5.41, 5.74) is -3.08. The number of hydrogen-bond donors (Lipinski definition) is 0. The van der Waals surface area contributed by atoms with Crippen molar-refractivity contribution in [3.8, 4) is 22.9 Å². The van der Waals surface area contributed by atoms with Crippen LogP contribution in [0, 0.1) is 47.3 Å². The largest absolute Gasteiger partial charge is 0.429 e. The normalized spacial score (nSPS) is 11.3. The molecule has 0 aromatic heterocycles. The molecular weight excluding hydrogens is 415 g/mol. The van der Waals surface area contributed by atoms with Gasteiger partial charge in [-0.15, -0.1) is 0 Å². The Morgan fingerprint density at radius 1 is 0.833 bits per heavy atom. The van der Waals surface area contributed by atoms with E-state index < -0.39 is 52.1 Å². The minimum Gasteiger partial charge on any atom is -0.429 e. The Morgan fingerprint density at radius 2 is 1.47 bits per heavy atom. The molecule has 0 aliphatic carbocycles. The molecule has 3 aromatic rings. The van der Waals surface area contributed by atoms with Crippen LogP contribution in [-0.4, -0.2) is 0 Å². The van der Waals surface area contributed by atoms with Crippen LogP contribution in [0.15, 0.2) is 42.5 Å². The molecule has 0 spiro atoms. The van der Waals surface area contributed by atoms with E-state index in [4.69, 9.17) is 5.26 Å². The summed E-state index contributed by atoms with van der Waals surface area (Å²) in [6, 6.07) is 6.58. The molecule has 0 saturated carbocycles. The SMILES string of the molecule is Cc1ccc(C(F)(F)Oc2ccc(-c3cc(F)c(C#N)c(F)c3)c(F)c2)c(F)c1F. The second-order valence-corrected chi connectivity index (χ2v) is 6.25. The molecule has 2 nitrogen and oxygen atoms in total. The van der Waals surface area contributed by atoms with E-state index in [2.05, 4.69) is 4.74 Å². The molecular formula is C21H10F7NO. The van der Waals surface area contributed by atoms with Crippen LogP contribution in [0.1, 0.15) is 16.7 Å². The second kappa shape index (κ2) is 7.71.